The third-order valence-electron chi connectivity index (χ3n) is 2.44. The first-order valence-corrected chi connectivity index (χ1v) is 9.89. The molecule has 0 fully saturated rings. The number of rotatable bonds is 6. The number of hydrogen-bond donors (Lipinski definition) is 0. The zero-order valence-corrected chi connectivity index (χ0v) is 12.9. The maximum atomic E-state index is 10.9. The van der Waals surface area contributed by atoms with E-state index in [4.69, 9.17) is 6.40 Å². The molecule has 110 valence electrons. The van der Waals surface area contributed by atoms with Gasteiger partial charge in [0.05, 0.1) is 0 Å². The molecular weight excluding hydrogens is 396 g/mol. The van der Waals surface area contributed by atoms with Crippen molar-refractivity contribution in [3.63, 3.8) is 0 Å². The van der Waals surface area contributed by atoms with E-state index >= 15 is 0 Å². The second-order valence-corrected chi connectivity index (χ2v) is 10.1. The first-order chi connectivity index (χ1) is 10.0. The SMILES string of the molecule is O=[N+]([O-])O[Te](O[N+](=O)[O-])(c1ccccc1)c1ccccc1. The monoisotopic (exact) mass is 408 g/mol. The summed E-state index contributed by atoms with van der Waals surface area (Å²) in [7, 11) is 0. The summed E-state index contributed by atoms with van der Waals surface area (Å²) in [5.74, 6) is 0. The van der Waals surface area contributed by atoms with Crippen LogP contribution >= 0.6 is 0 Å². The third-order valence-corrected chi connectivity index (χ3v) is 9.43. The van der Waals surface area contributed by atoms with Gasteiger partial charge in [0, 0.05) is 0 Å². The quantitative estimate of drug-likeness (QED) is 0.397. The molecule has 0 aliphatic heterocycles. The summed E-state index contributed by atoms with van der Waals surface area (Å²) < 4.78 is 10.2. The van der Waals surface area contributed by atoms with Crippen LogP contribution in [-0.4, -0.2) is 29.2 Å². The molecule has 0 spiro atoms. The van der Waals surface area contributed by atoms with Gasteiger partial charge in [0.2, 0.25) is 0 Å². The second kappa shape index (κ2) is 6.39. The van der Waals surface area contributed by atoms with Crippen molar-refractivity contribution in [2.24, 2.45) is 0 Å². The van der Waals surface area contributed by atoms with Gasteiger partial charge < -0.3 is 0 Å². The van der Waals surface area contributed by atoms with Gasteiger partial charge in [-0.2, -0.15) is 0 Å². The third kappa shape index (κ3) is 3.39. The molecule has 2 aromatic carbocycles. The van der Waals surface area contributed by atoms with Crippen molar-refractivity contribution in [1.82, 2.24) is 0 Å². The summed E-state index contributed by atoms with van der Waals surface area (Å²) in [5, 5.41) is 19.7. The van der Waals surface area contributed by atoms with Gasteiger partial charge >= 0.3 is 124 Å². The zero-order valence-electron chi connectivity index (χ0n) is 10.5. The second-order valence-electron chi connectivity index (χ2n) is 3.73. The van der Waals surface area contributed by atoms with Crippen LogP contribution in [0.25, 0.3) is 0 Å². The van der Waals surface area contributed by atoms with Crippen LogP contribution in [0, 0.1) is 20.2 Å². The minimum absolute atomic E-state index is 0.319. The molecule has 0 N–H and O–H groups in total. The Bertz CT molecular complexity index is 579. The van der Waals surface area contributed by atoms with Crippen molar-refractivity contribution in [2.75, 3.05) is 0 Å². The molecule has 0 unspecified atom stereocenters. The van der Waals surface area contributed by atoms with E-state index in [1.807, 2.05) is 0 Å². The average Bonchev–Trinajstić information content (AvgIpc) is 2.47. The van der Waals surface area contributed by atoms with Gasteiger partial charge in [0.1, 0.15) is 0 Å². The molecule has 8 nitrogen and oxygen atoms in total. The van der Waals surface area contributed by atoms with Crippen molar-refractivity contribution < 1.29 is 16.6 Å². The fraction of sp³-hybridized carbons (Fsp3) is 0. The van der Waals surface area contributed by atoms with E-state index in [-0.39, 0.29) is 0 Å². The fourth-order valence-electron chi connectivity index (χ4n) is 1.69. The maximum absolute atomic E-state index is 10.9. The molecule has 9 heteroatoms. The number of hydrogen-bond acceptors (Lipinski definition) is 6. The van der Waals surface area contributed by atoms with E-state index in [2.05, 4.69) is 0 Å². The Labute approximate surface area is 124 Å². The molecular formula is C12H10N2O6Te. The van der Waals surface area contributed by atoms with E-state index in [0.717, 1.165) is 0 Å². The van der Waals surface area contributed by atoms with Crippen molar-refractivity contribution >= 4 is 26.2 Å². The van der Waals surface area contributed by atoms with Gasteiger partial charge in [-0.15, -0.1) is 0 Å². The van der Waals surface area contributed by atoms with Crippen LogP contribution in [0.3, 0.4) is 0 Å². The molecule has 0 amide bonds. The van der Waals surface area contributed by atoms with Crippen LogP contribution in [0.15, 0.2) is 60.7 Å². The van der Waals surface area contributed by atoms with Gasteiger partial charge in [0.15, 0.2) is 0 Å². The molecule has 21 heavy (non-hydrogen) atoms. The molecule has 0 heterocycles. The molecule has 0 saturated carbocycles. The van der Waals surface area contributed by atoms with E-state index < -0.39 is 29.2 Å². The Morgan fingerprint density at radius 3 is 1.33 bits per heavy atom. The Balaban J connectivity index is 2.64. The van der Waals surface area contributed by atoms with E-state index in [1.54, 1.807) is 36.4 Å². The van der Waals surface area contributed by atoms with Gasteiger partial charge in [-0.1, -0.05) is 0 Å². The summed E-state index contributed by atoms with van der Waals surface area (Å²) >= 11 is -4.74. The summed E-state index contributed by atoms with van der Waals surface area (Å²) in [6.45, 7) is 0. The minimum atomic E-state index is -4.74. The molecule has 0 radical (unpaired) electrons. The first-order valence-electron chi connectivity index (χ1n) is 5.66. The summed E-state index contributed by atoms with van der Waals surface area (Å²) in [5.41, 5.74) is 0. The summed E-state index contributed by atoms with van der Waals surface area (Å²) in [6, 6.07) is 16.0. The Kier molecular flexibility index (Phi) is 4.57. The number of nitrogens with zero attached hydrogens (tertiary/aromatic N) is 2. The van der Waals surface area contributed by atoms with Crippen LogP contribution in [0.1, 0.15) is 0 Å². The van der Waals surface area contributed by atoms with Gasteiger partial charge in [0.25, 0.3) is 0 Å². The average molecular weight is 406 g/mol. The molecule has 2 rings (SSSR count). The van der Waals surface area contributed by atoms with Crippen LogP contribution in [0.2, 0.25) is 0 Å². The zero-order chi connectivity index (χ0) is 15.3. The van der Waals surface area contributed by atoms with E-state index in [9.17, 15) is 20.2 Å². The van der Waals surface area contributed by atoms with Gasteiger partial charge in [-0.3, -0.25) is 0 Å². The predicted octanol–water partition coefficient (Wildman–Crippen LogP) is 0.660. The van der Waals surface area contributed by atoms with Crippen molar-refractivity contribution in [3.05, 3.63) is 80.9 Å². The summed E-state index contributed by atoms with van der Waals surface area (Å²) in [4.78, 5) is 21.7. The predicted molar refractivity (Wildman–Crippen MR) is 74.1 cm³/mol. The topological polar surface area (TPSA) is 105 Å². The Hall–Kier alpha value is -2.37. The van der Waals surface area contributed by atoms with Crippen LogP contribution in [-0.2, 0) is 6.40 Å². The van der Waals surface area contributed by atoms with E-state index in [1.165, 1.54) is 24.3 Å². The molecule has 0 aromatic heterocycles. The molecule has 2 aromatic rings. The Morgan fingerprint density at radius 2 is 1.05 bits per heavy atom. The van der Waals surface area contributed by atoms with Crippen LogP contribution in [0.4, 0.5) is 0 Å². The van der Waals surface area contributed by atoms with Gasteiger partial charge in [-0.25, -0.2) is 0 Å². The normalized spacial score (nSPS) is 11.4. The van der Waals surface area contributed by atoms with Crippen molar-refractivity contribution in [3.8, 4) is 0 Å². The summed E-state index contributed by atoms with van der Waals surface area (Å²) in [6.07, 6.45) is 0. The standard InChI is InChI=1S/C12H10N2O6Te/c15-13(16)19-21(20-14(17)18,11-7-3-1-4-8-11)12-9-5-2-6-10-12/h1-10H. The van der Waals surface area contributed by atoms with E-state index in [0.29, 0.717) is 7.22 Å². The first kappa shape index (κ1) is 15.0. The van der Waals surface area contributed by atoms with Crippen molar-refractivity contribution in [1.29, 1.82) is 0 Å². The molecule has 0 bridgehead atoms. The molecule has 0 saturated heterocycles. The molecule has 0 aliphatic rings. The van der Waals surface area contributed by atoms with Crippen LogP contribution < -0.4 is 7.22 Å². The molecule has 0 aliphatic carbocycles. The van der Waals surface area contributed by atoms with Gasteiger partial charge in [-0.05, 0) is 0 Å². The number of benzene rings is 2. The molecule has 0 atom stereocenters. The van der Waals surface area contributed by atoms with Crippen LogP contribution in [0.5, 0.6) is 0 Å². The Morgan fingerprint density at radius 1 is 0.714 bits per heavy atom. The van der Waals surface area contributed by atoms with Crippen molar-refractivity contribution in [2.45, 2.75) is 0 Å². The fourth-order valence-corrected chi connectivity index (χ4v) is 7.45.